The molecule has 15 aromatic rings. The van der Waals surface area contributed by atoms with Crippen molar-refractivity contribution in [3.05, 3.63) is 360 Å². The highest BCUT2D eigenvalue weighted by Gasteiger charge is 2.38. The lowest BCUT2D eigenvalue weighted by Gasteiger charge is -2.28. The van der Waals surface area contributed by atoms with E-state index in [-0.39, 0.29) is 10.8 Å². The maximum atomic E-state index is 2.43. The molecule has 0 N–H and O–H groups in total. The predicted octanol–water partition coefficient (Wildman–Crippen LogP) is 25.5. The fourth-order valence-corrected chi connectivity index (χ4v) is 15.1. The molecule has 0 fully saturated rings. The first-order valence-electron chi connectivity index (χ1n) is 32.9. The Labute approximate surface area is 551 Å². The molecular weight excluding hydrogens is 1130 g/mol. The van der Waals surface area contributed by atoms with Crippen LogP contribution in [0.3, 0.4) is 0 Å². The van der Waals surface area contributed by atoms with E-state index in [0.717, 1.165) is 45.3 Å². The largest absolute Gasteiger partial charge is 0.310 e. The maximum Gasteiger partial charge on any atom is 0.0468 e. The molecule has 0 bridgehead atoms. The first-order valence-corrected chi connectivity index (χ1v) is 32.9. The molecule has 0 saturated heterocycles. The van der Waals surface area contributed by atoms with Crippen molar-refractivity contribution in [1.82, 2.24) is 0 Å². The Morgan fingerprint density at radius 1 is 0.213 bits per heavy atom. The Morgan fingerprint density at radius 3 is 0.926 bits per heavy atom. The molecular formula is C92H68N2. The van der Waals surface area contributed by atoms with Crippen LogP contribution in [0.1, 0.15) is 72.2 Å². The first kappa shape index (κ1) is 56.4. The van der Waals surface area contributed by atoms with Gasteiger partial charge in [-0.15, -0.1) is 0 Å². The average Bonchev–Trinajstić information content (AvgIpc) is 1.57. The minimum atomic E-state index is -0.219. The first-order chi connectivity index (χ1) is 46.1. The zero-order chi connectivity index (χ0) is 63.1. The number of fused-ring (bicyclic) bond motifs is 10. The number of anilines is 6. The summed E-state index contributed by atoms with van der Waals surface area (Å²) in [5.74, 6) is 0. The average molecular weight is 1200 g/mol. The Morgan fingerprint density at radius 2 is 0.511 bits per heavy atom. The van der Waals surface area contributed by atoms with Crippen LogP contribution in [-0.2, 0) is 10.8 Å². The van der Waals surface area contributed by atoms with Crippen LogP contribution < -0.4 is 9.80 Å². The molecule has 0 amide bonds. The van der Waals surface area contributed by atoms with Gasteiger partial charge in [-0.2, -0.15) is 0 Å². The second-order valence-electron chi connectivity index (χ2n) is 26.5. The lowest BCUT2D eigenvalue weighted by atomic mass is 9.81. The van der Waals surface area contributed by atoms with Gasteiger partial charge in [0, 0.05) is 45.0 Å². The van der Waals surface area contributed by atoms with Crippen LogP contribution in [0.25, 0.3) is 112 Å². The quantitative estimate of drug-likeness (QED) is 0.113. The minimum absolute atomic E-state index is 0.219. The Kier molecular flexibility index (Phi) is 13.6. The molecule has 0 heterocycles. The molecule has 94 heavy (non-hydrogen) atoms. The van der Waals surface area contributed by atoms with Crippen LogP contribution in [0.5, 0.6) is 0 Å². The molecule has 0 unspecified atom stereocenters. The third kappa shape index (κ3) is 9.89. The van der Waals surface area contributed by atoms with Crippen molar-refractivity contribution in [3.63, 3.8) is 0 Å². The van der Waals surface area contributed by atoms with Crippen LogP contribution in [0.4, 0.5) is 34.1 Å². The van der Waals surface area contributed by atoms with Crippen molar-refractivity contribution in [1.29, 1.82) is 0 Å². The van der Waals surface area contributed by atoms with E-state index in [4.69, 9.17) is 0 Å². The smallest absolute Gasteiger partial charge is 0.0468 e. The van der Waals surface area contributed by atoms with Gasteiger partial charge in [0.1, 0.15) is 0 Å². The van der Waals surface area contributed by atoms with Gasteiger partial charge < -0.3 is 9.80 Å². The van der Waals surface area contributed by atoms with Crippen LogP contribution in [0.2, 0.25) is 0 Å². The Balaban J connectivity index is 0.607. The summed E-state index contributed by atoms with van der Waals surface area (Å²) in [4.78, 5) is 4.84. The molecule has 0 saturated carbocycles. The lowest BCUT2D eigenvalue weighted by Crippen LogP contribution is -2.16. The number of nitrogens with zero attached hydrogens (tertiary/aromatic N) is 2. The molecule has 0 aromatic heterocycles. The summed E-state index contributed by atoms with van der Waals surface area (Å²) < 4.78 is 0. The van der Waals surface area contributed by atoms with E-state index in [0.29, 0.717) is 0 Å². The van der Waals surface area contributed by atoms with Crippen molar-refractivity contribution >= 4 is 102 Å². The summed E-state index contributed by atoms with van der Waals surface area (Å²) in [5, 5.41) is 9.92. The third-order valence-electron chi connectivity index (χ3n) is 20.2. The van der Waals surface area contributed by atoms with Gasteiger partial charge >= 0.3 is 0 Å². The topological polar surface area (TPSA) is 6.48 Å². The van der Waals surface area contributed by atoms with Gasteiger partial charge in [0.15, 0.2) is 0 Å². The summed E-state index contributed by atoms with van der Waals surface area (Å²) >= 11 is 0. The highest BCUT2D eigenvalue weighted by Crippen LogP contribution is 2.53. The van der Waals surface area contributed by atoms with Crippen LogP contribution in [-0.4, -0.2) is 0 Å². The van der Waals surface area contributed by atoms with Crippen molar-refractivity contribution in [2.75, 3.05) is 9.80 Å². The summed E-state index contributed by atoms with van der Waals surface area (Å²) in [5.41, 5.74) is 26.5. The number of hydrogen-bond acceptors (Lipinski definition) is 2. The highest BCUT2D eigenvalue weighted by molar-refractivity contribution is 6.00. The molecule has 17 rings (SSSR count). The van der Waals surface area contributed by atoms with Gasteiger partial charge in [-0.05, 0) is 205 Å². The van der Waals surface area contributed by atoms with Gasteiger partial charge in [0.2, 0.25) is 0 Å². The van der Waals surface area contributed by atoms with Crippen molar-refractivity contribution in [2.24, 2.45) is 0 Å². The fourth-order valence-electron chi connectivity index (χ4n) is 15.1. The van der Waals surface area contributed by atoms with Gasteiger partial charge in [-0.3, -0.25) is 0 Å². The van der Waals surface area contributed by atoms with E-state index in [9.17, 15) is 0 Å². The molecule has 0 atom stereocenters. The monoisotopic (exact) mass is 1200 g/mol. The fraction of sp³-hybridized carbons (Fsp3) is 0.0652. The lowest BCUT2D eigenvalue weighted by molar-refractivity contribution is 0.660. The Bertz CT molecular complexity index is 5190. The minimum Gasteiger partial charge on any atom is -0.310 e. The number of hydrogen-bond donors (Lipinski definition) is 0. The van der Waals surface area contributed by atoms with Crippen LogP contribution >= 0.6 is 0 Å². The van der Waals surface area contributed by atoms with E-state index in [1.165, 1.54) is 121 Å². The zero-order valence-corrected chi connectivity index (χ0v) is 53.2. The zero-order valence-electron chi connectivity index (χ0n) is 53.2. The second kappa shape index (κ2) is 22.7. The predicted molar refractivity (Wildman–Crippen MR) is 403 cm³/mol. The molecule has 446 valence electrons. The summed E-state index contributed by atoms with van der Waals surface area (Å²) in [7, 11) is 0. The molecule has 2 heteroatoms. The molecule has 2 aliphatic carbocycles. The van der Waals surface area contributed by atoms with E-state index < -0.39 is 0 Å². The third-order valence-corrected chi connectivity index (χ3v) is 20.2. The van der Waals surface area contributed by atoms with Crippen molar-refractivity contribution in [3.8, 4) is 44.5 Å². The SMILES string of the molecule is CC1(C)c2cc(/C=C/c3ccc(/C=C/c4ccc5c(c4)C(C)(C)c4cc(N(c6ccc(-c7cccc8ccccc78)cc6)c6ccc7ccccc7c6)ccc4-5)cc3)ccc2-c2ccc(N(c3ccc(-c4cccc5ccccc45)cc3)c3ccc4ccccc4c3)cc21. The van der Waals surface area contributed by atoms with E-state index in [2.05, 4.69) is 377 Å². The molecule has 2 nitrogen and oxygen atoms in total. The van der Waals surface area contributed by atoms with Gasteiger partial charge in [0.25, 0.3) is 0 Å². The van der Waals surface area contributed by atoms with E-state index in [1.807, 2.05) is 0 Å². The van der Waals surface area contributed by atoms with Crippen LogP contribution in [0.15, 0.2) is 315 Å². The molecule has 0 aliphatic heterocycles. The standard InChI is InChI=1S/C92H68N2/c1-91(2)87-55-63(35-51-83(87)85-53-49-77(59-89(85)91)93(75-47-37-65-15-5-7-19-71(65)57-75)73-43-39-69(40-44-73)81-25-13-21-67-17-9-11-23-79(67)81)33-31-61-27-29-62(30-28-61)32-34-64-36-52-84-86-54-50-78(60-90(86)92(3,4)88(84)56-64)94(76-48-38-66-16-6-8-20-72(66)58-76)74-45-41-70(42-46-74)82-26-14-22-68-18-10-12-24-80(68)82/h5-60H,1-4H3/b33-31+,34-32+. The normalized spacial score (nSPS) is 13.4. The molecule has 2 aliphatic rings. The molecule has 0 radical (unpaired) electrons. The second-order valence-corrected chi connectivity index (χ2v) is 26.5. The van der Waals surface area contributed by atoms with E-state index in [1.54, 1.807) is 0 Å². The summed E-state index contributed by atoms with van der Waals surface area (Å²) in [6, 6.07) is 117. The number of rotatable bonds is 12. The highest BCUT2D eigenvalue weighted by atomic mass is 15.1. The summed E-state index contributed by atoms with van der Waals surface area (Å²) in [6.45, 7) is 9.53. The van der Waals surface area contributed by atoms with E-state index >= 15 is 0 Å². The Hall–Kier alpha value is -11.6. The van der Waals surface area contributed by atoms with Gasteiger partial charge in [-0.1, -0.05) is 295 Å². The summed E-state index contributed by atoms with van der Waals surface area (Å²) in [6.07, 6.45) is 9.01. The maximum absolute atomic E-state index is 2.43. The van der Waals surface area contributed by atoms with Crippen LogP contribution in [0, 0.1) is 0 Å². The van der Waals surface area contributed by atoms with Gasteiger partial charge in [0.05, 0.1) is 0 Å². The van der Waals surface area contributed by atoms with Gasteiger partial charge in [-0.25, -0.2) is 0 Å². The molecule has 0 spiro atoms. The van der Waals surface area contributed by atoms with Crippen molar-refractivity contribution in [2.45, 2.75) is 38.5 Å². The molecule has 15 aromatic carbocycles. The number of benzene rings is 15. The van der Waals surface area contributed by atoms with Crippen molar-refractivity contribution < 1.29 is 0 Å².